The second kappa shape index (κ2) is 14.2. The molecule has 7 aromatic rings. The quantitative estimate of drug-likeness (QED) is 0.177. The summed E-state index contributed by atoms with van der Waals surface area (Å²) in [6, 6.07) is 19.3. The molecule has 2 N–H and O–H groups in total. The molecule has 0 saturated heterocycles. The monoisotopic (exact) mass is 667 g/mol. The minimum absolute atomic E-state index is 0.0302. The number of ether oxygens (including phenoxy) is 1. The fourth-order valence-corrected chi connectivity index (χ4v) is 5.32. The molecule has 0 atom stereocenters. The fraction of sp³-hybridized carbons (Fsp3) is 0.229. The summed E-state index contributed by atoms with van der Waals surface area (Å²) in [5.74, 6) is -1.36. The Hall–Kier alpha value is -6.31. The number of aryl methyl sites for hydroxylation is 2. The molecule has 49 heavy (non-hydrogen) atoms. The first-order chi connectivity index (χ1) is 24.9. The average molecular weight is 668 g/mol. The molecular formula is C35H32N6O8. The summed E-state index contributed by atoms with van der Waals surface area (Å²) in [6.45, 7) is 3.70. The number of carboxylic acid groups (broad SMARTS) is 1. The predicted molar refractivity (Wildman–Crippen MR) is 177 cm³/mol. The summed E-state index contributed by atoms with van der Waals surface area (Å²) >= 11 is 0. The first kappa shape index (κ1) is 28.9. The second-order valence-electron chi connectivity index (χ2n) is 11.0. The van der Waals surface area contributed by atoms with Gasteiger partial charge in [-0.25, -0.2) is 0 Å². The average Bonchev–Trinajstić information content (AvgIpc) is 3.84. The molecule has 14 nitrogen and oxygen atoms in total. The molecule has 4 aromatic heterocycles. The lowest BCUT2D eigenvalue weighted by molar-refractivity contribution is -0.136. The Morgan fingerprint density at radius 2 is 1.65 bits per heavy atom. The summed E-state index contributed by atoms with van der Waals surface area (Å²) in [7, 11) is -2.75. The van der Waals surface area contributed by atoms with Crippen molar-refractivity contribution in [1.29, 1.82) is 0 Å². The van der Waals surface area contributed by atoms with E-state index in [4.69, 9.17) is 27.4 Å². The van der Waals surface area contributed by atoms with Gasteiger partial charge in [-0.05, 0) is 49.2 Å². The van der Waals surface area contributed by atoms with Crippen LogP contribution in [0.15, 0.2) is 85.0 Å². The number of unbranched alkanes of at least 4 members (excludes halogenated alkanes) is 1. The molecule has 0 radical (unpaired) electrons. The minimum Gasteiger partial charge on any atom is -0.495 e. The molecule has 0 amide bonds. The van der Waals surface area contributed by atoms with Crippen LogP contribution in [0.1, 0.15) is 52.5 Å². The minimum atomic E-state index is -2.75. The Bertz CT molecular complexity index is 2430. The SMILES string of the molecule is O=C(O)Cc1noc2ccccc12.[2H]C([2H])([2H])Oc1cccc(C)c1-n1c(CCCC)nc(O)c(-c2nnc(Cc3noc4ccccc34)o2)c1=O. The van der Waals surface area contributed by atoms with Gasteiger partial charge in [0.05, 0.1) is 29.7 Å². The van der Waals surface area contributed by atoms with Crippen molar-refractivity contribution in [3.05, 3.63) is 106 Å². The van der Waals surface area contributed by atoms with E-state index in [-0.39, 0.29) is 47.4 Å². The molecular weight excluding hydrogens is 632 g/mol. The lowest BCUT2D eigenvalue weighted by Crippen LogP contribution is -2.26. The standard InChI is InChI=1S/C26H25N5O5.C9H7NO3/c1-4-5-13-20-27-24(32)22(26(33)31(20)23-15(2)9-8-12-19(23)34-3)25-29-28-21(35-25)14-17-16-10-6-7-11-18(16)36-30-17;11-9(12)5-7-6-3-1-2-4-8(6)13-10-7/h6-12,32H,4-5,13-14H2,1-3H3;1-4H,5H2,(H,11,12)/i3D3;. The molecule has 7 rings (SSSR count). The van der Waals surface area contributed by atoms with Gasteiger partial charge in [-0.2, -0.15) is 4.98 Å². The van der Waals surface area contributed by atoms with E-state index >= 15 is 0 Å². The van der Waals surface area contributed by atoms with Crippen molar-refractivity contribution >= 4 is 27.9 Å². The highest BCUT2D eigenvalue weighted by Gasteiger charge is 2.26. The van der Waals surface area contributed by atoms with Gasteiger partial charge in [0.1, 0.15) is 23.0 Å². The maximum absolute atomic E-state index is 14.0. The predicted octanol–water partition coefficient (Wildman–Crippen LogP) is 5.83. The van der Waals surface area contributed by atoms with Gasteiger partial charge >= 0.3 is 5.97 Å². The van der Waals surface area contributed by atoms with Crippen molar-refractivity contribution in [2.45, 2.75) is 46.0 Å². The Balaban J connectivity index is 0.000000299. The second-order valence-corrected chi connectivity index (χ2v) is 11.0. The van der Waals surface area contributed by atoms with Gasteiger partial charge in [-0.15, -0.1) is 10.2 Å². The van der Waals surface area contributed by atoms with E-state index in [2.05, 4.69) is 25.5 Å². The van der Waals surface area contributed by atoms with E-state index < -0.39 is 24.4 Å². The Kier molecular flexibility index (Phi) is 8.38. The van der Waals surface area contributed by atoms with E-state index in [1.807, 2.05) is 37.3 Å². The van der Waals surface area contributed by atoms with Gasteiger partial charge in [0.15, 0.2) is 16.7 Å². The van der Waals surface area contributed by atoms with Gasteiger partial charge in [0.2, 0.25) is 11.8 Å². The van der Waals surface area contributed by atoms with Crippen LogP contribution in [0.25, 0.3) is 39.1 Å². The molecule has 0 bridgehead atoms. The van der Waals surface area contributed by atoms with Crippen LogP contribution in [-0.2, 0) is 24.1 Å². The molecule has 0 spiro atoms. The zero-order valence-electron chi connectivity index (χ0n) is 29.4. The Morgan fingerprint density at radius 3 is 2.35 bits per heavy atom. The first-order valence-electron chi connectivity index (χ1n) is 16.8. The smallest absolute Gasteiger partial charge is 0.309 e. The number of nitrogens with zero attached hydrogens (tertiary/aromatic N) is 6. The number of aromatic nitrogens is 6. The zero-order chi connectivity index (χ0) is 37.0. The van der Waals surface area contributed by atoms with Crippen LogP contribution in [0.3, 0.4) is 0 Å². The van der Waals surface area contributed by atoms with E-state index in [0.717, 1.165) is 17.2 Å². The Labute approximate surface area is 282 Å². The molecule has 250 valence electrons. The number of carboxylic acids is 1. The van der Waals surface area contributed by atoms with Crippen LogP contribution in [0.4, 0.5) is 0 Å². The molecule has 0 aliphatic rings. The number of fused-ring (bicyclic) bond motifs is 2. The summed E-state index contributed by atoms with van der Waals surface area (Å²) in [6.07, 6.45) is 1.85. The van der Waals surface area contributed by atoms with Crippen molar-refractivity contribution in [1.82, 2.24) is 30.1 Å². The highest BCUT2D eigenvalue weighted by Crippen LogP contribution is 2.30. The van der Waals surface area contributed by atoms with Crippen LogP contribution in [0.2, 0.25) is 0 Å². The van der Waals surface area contributed by atoms with Crippen LogP contribution in [-0.4, -0.2) is 53.3 Å². The lowest BCUT2D eigenvalue weighted by atomic mass is 10.1. The number of hydrogen-bond donors (Lipinski definition) is 2. The van der Waals surface area contributed by atoms with E-state index in [0.29, 0.717) is 41.0 Å². The van der Waals surface area contributed by atoms with Gasteiger partial charge in [-0.1, -0.05) is 60.1 Å². The molecule has 0 aliphatic carbocycles. The summed E-state index contributed by atoms with van der Waals surface area (Å²) < 4.78 is 45.3. The summed E-state index contributed by atoms with van der Waals surface area (Å²) in [5.41, 5.74) is 2.02. The van der Waals surface area contributed by atoms with Gasteiger partial charge in [0, 0.05) is 17.2 Å². The third-order valence-electron chi connectivity index (χ3n) is 7.64. The van der Waals surface area contributed by atoms with Gasteiger partial charge in [0.25, 0.3) is 11.4 Å². The first-order valence-corrected chi connectivity index (χ1v) is 15.3. The van der Waals surface area contributed by atoms with Crippen LogP contribution < -0.4 is 10.3 Å². The molecule has 14 heteroatoms. The van der Waals surface area contributed by atoms with E-state index in [1.54, 1.807) is 37.3 Å². The number of para-hydroxylation sites is 3. The number of aromatic hydroxyl groups is 1. The van der Waals surface area contributed by atoms with E-state index in [1.165, 1.54) is 10.6 Å². The van der Waals surface area contributed by atoms with Crippen molar-refractivity contribution in [2.75, 3.05) is 7.04 Å². The van der Waals surface area contributed by atoms with E-state index in [9.17, 15) is 14.7 Å². The maximum atomic E-state index is 14.0. The van der Waals surface area contributed by atoms with Crippen molar-refractivity contribution in [3.63, 3.8) is 0 Å². The molecule has 3 aromatic carbocycles. The molecule has 0 aliphatic heterocycles. The molecule has 0 saturated carbocycles. The molecule has 4 heterocycles. The number of methoxy groups -OCH3 is 1. The highest BCUT2D eigenvalue weighted by atomic mass is 16.5. The maximum Gasteiger partial charge on any atom is 0.309 e. The molecule has 0 fully saturated rings. The van der Waals surface area contributed by atoms with Crippen LogP contribution in [0, 0.1) is 6.92 Å². The van der Waals surface area contributed by atoms with Crippen LogP contribution >= 0.6 is 0 Å². The van der Waals surface area contributed by atoms with Crippen LogP contribution in [0.5, 0.6) is 11.6 Å². The number of rotatable bonds is 10. The number of aliphatic carboxylic acids is 1. The Morgan fingerprint density at radius 1 is 0.959 bits per heavy atom. The summed E-state index contributed by atoms with van der Waals surface area (Å²) in [4.78, 5) is 28.7. The van der Waals surface area contributed by atoms with Crippen molar-refractivity contribution in [2.24, 2.45) is 0 Å². The van der Waals surface area contributed by atoms with Crippen molar-refractivity contribution < 1.29 is 37.3 Å². The third kappa shape index (κ3) is 6.74. The van der Waals surface area contributed by atoms with Gasteiger partial charge < -0.3 is 28.4 Å². The number of carbonyl (C=O) groups is 1. The largest absolute Gasteiger partial charge is 0.495 e. The number of hydrogen-bond acceptors (Lipinski definition) is 12. The van der Waals surface area contributed by atoms with Crippen molar-refractivity contribution in [3.8, 4) is 28.8 Å². The normalized spacial score (nSPS) is 12.2. The summed E-state index contributed by atoms with van der Waals surface area (Å²) in [5, 5.41) is 36.7. The molecule has 0 unspecified atom stereocenters. The van der Waals surface area contributed by atoms with Gasteiger partial charge in [-0.3, -0.25) is 14.2 Å². The number of benzene rings is 3. The highest BCUT2D eigenvalue weighted by molar-refractivity contribution is 5.83. The third-order valence-corrected chi connectivity index (χ3v) is 7.64. The lowest BCUT2D eigenvalue weighted by Gasteiger charge is -2.18. The fourth-order valence-electron chi connectivity index (χ4n) is 5.32. The zero-order valence-corrected chi connectivity index (χ0v) is 26.4. The topological polar surface area (TPSA) is 193 Å².